The summed E-state index contributed by atoms with van der Waals surface area (Å²) in [6.07, 6.45) is 1.77. The first-order valence-electron chi connectivity index (χ1n) is 4.78. The Morgan fingerprint density at radius 2 is 2.12 bits per heavy atom. The first kappa shape index (κ1) is 11.0. The van der Waals surface area contributed by atoms with Crippen LogP contribution in [0.1, 0.15) is 5.69 Å². The van der Waals surface area contributed by atoms with E-state index in [9.17, 15) is 8.60 Å². The van der Waals surface area contributed by atoms with Gasteiger partial charge in [0, 0.05) is 13.2 Å². The Kier molecular flexibility index (Phi) is 3.14. The lowest BCUT2D eigenvalue weighted by molar-refractivity contribution is 0.595. The largest absolute Gasteiger partial charge is 0.276 e. The van der Waals surface area contributed by atoms with E-state index in [0.29, 0.717) is 5.69 Å². The Bertz CT molecular complexity index is 524. The van der Waals surface area contributed by atoms with Gasteiger partial charge in [0.25, 0.3) is 0 Å². The monoisotopic (exact) mass is 238 g/mol. The Hall–Kier alpha value is -1.49. The van der Waals surface area contributed by atoms with Crippen LogP contribution in [0.5, 0.6) is 0 Å². The average molecular weight is 238 g/mol. The first-order valence-corrected chi connectivity index (χ1v) is 6.10. The van der Waals surface area contributed by atoms with Crippen molar-refractivity contribution in [1.82, 2.24) is 9.78 Å². The van der Waals surface area contributed by atoms with Crippen molar-refractivity contribution in [2.24, 2.45) is 7.05 Å². The maximum absolute atomic E-state index is 13.3. The molecule has 84 valence electrons. The van der Waals surface area contributed by atoms with Crippen LogP contribution >= 0.6 is 0 Å². The van der Waals surface area contributed by atoms with E-state index in [1.54, 1.807) is 36.1 Å². The first-order chi connectivity index (χ1) is 7.66. The van der Waals surface area contributed by atoms with E-state index in [-0.39, 0.29) is 10.6 Å². The van der Waals surface area contributed by atoms with Crippen molar-refractivity contribution in [2.75, 3.05) is 0 Å². The second-order valence-electron chi connectivity index (χ2n) is 3.40. The van der Waals surface area contributed by atoms with E-state index >= 15 is 0 Å². The van der Waals surface area contributed by atoms with Crippen molar-refractivity contribution < 1.29 is 8.60 Å². The Morgan fingerprint density at radius 3 is 2.75 bits per heavy atom. The number of nitrogens with zero attached hydrogens (tertiary/aromatic N) is 2. The molecule has 0 amide bonds. The predicted molar refractivity (Wildman–Crippen MR) is 59.7 cm³/mol. The fourth-order valence-electron chi connectivity index (χ4n) is 1.38. The van der Waals surface area contributed by atoms with Crippen LogP contribution in [0, 0.1) is 5.82 Å². The summed E-state index contributed by atoms with van der Waals surface area (Å²) in [5.74, 6) is -0.196. The molecule has 1 unspecified atom stereocenters. The van der Waals surface area contributed by atoms with E-state index in [4.69, 9.17) is 0 Å². The lowest BCUT2D eigenvalue weighted by Gasteiger charge is -2.01. The standard InChI is InChI=1S/C11H11FN2OS/c1-14-7-6-9(13-14)8-16(15)11-5-3-2-4-10(11)12/h2-7H,8H2,1H3. The predicted octanol–water partition coefficient (Wildman–Crippen LogP) is 1.87. The van der Waals surface area contributed by atoms with Crippen LogP contribution in [0.4, 0.5) is 4.39 Å². The van der Waals surface area contributed by atoms with Crippen molar-refractivity contribution in [3.8, 4) is 0 Å². The normalized spacial score (nSPS) is 12.6. The van der Waals surface area contributed by atoms with E-state index in [1.165, 1.54) is 12.1 Å². The van der Waals surface area contributed by atoms with Gasteiger partial charge in [-0.15, -0.1) is 0 Å². The van der Waals surface area contributed by atoms with Crippen LogP contribution in [0.2, 0.25) is 0 Å². The third-order valence-electron chi connectivity index (χ3n) is 2.13. The molecule has 0 saturated heterocycles. The molecule has 0 fully saturated rings. The molecule has 0 aliphatic carbocycles. The molecule has 1 atom stereocenters. The van der Waals surface area contributed by atoms with Gasteiger partial charge in [0.05, 0.1) is 27.1 Å². The molecule has 0 spiro atoms. The van der Waals surface area contributed by atoms with Crippen molar-refractivity contribution >= 4 is 10.8 Å². The number of hydrogen-bond acceptors (Lipinski definition) is 2. The number of halogens is 1. The number of rotatable bonds is 3. The van der Waals surface area contributed by atoms with E-state index in [0.717, 1.165) is 0 Å². The number of benzene rings is 1. The van der Waals surface area contributed by atoms with Crippen molar-refractivity contribution in [2.45, 2.75) is 10.6 Å². The van der Waals surface area contributed by atoms with Gasteiger partial charge in [-0.3, -0.25) is 8.89 Å². The van der Waals surface area contributed by atoms with Gasteiger partial charge >= 0.3 is 0 Å². The van der Waals surface area contributed by atoms with Gasteiger partial charge in [0.15, 0.2) is 0 Å². The third kappa shape index (κ3) is 2.36. The van der Waals surface area contributed by atoms with Crippen molar-refractivity contribution in [1.29, 1.82) is 0 Å². The van der Waals surface area contributed by atoms with Gasteiger partial charge in [-0.2, -0.15) is 5.10 Å². The quantitative estimate of drug-likeness (QED) is 0.818. The maximum Gasteiger partial charge on any atom is 0.139 e. The summed E-state index contributed by atoms with van der Waals surface area (Å²) >= 11 is 0. The molecular weight excluding hydrogens is 227 g/mol. The molecule has 0 aliphatic heterocycles. The number of aromatic nitrogens is 2. The molecule has 0 bridgehead atoms. The number of hydrogen-bond donors (Lipinski definition) is 0. The third-order valence-corrected chi connectivity index (χ3v) is 3.51. The summed E-state index contributed by atoms with van der Waals surface area (Å²) in [6.45, 7) is 0. The molecule has 0 radical (unpaired) electrons. The molecule has 1 aromatic heterocycles. The van der Waals surface area contributed by atoms with Crippen LogP contribution in [0.15, 0.2) is 41.4 Å². The van der Waals surface area contributed by atoms with Crippen LogP contribution < -0.4 is 0 Å². The highest BCUT2D eigenvalue weighted by molar-refractivity contribution is 7.84. The fraction of sp³-hybridized carbons (Fsp3) is 0.182. The average Bonchev–Trinajstić information content (AvgIpc) is 2.64. The zero-order valence-electron chi connectivity index (χ0n) is 8.76. The van der Waals surface area contributed by atoms with E-state index in [1.807, 2.05) is 0 Å². The van der Waals surface area contributed by atoms with Gasteiger partial charge in [0.1, 0.15) is 5.82 Å². The zero-order chi connectivity index (χ0) is 11.5. The molecule has 0 N–H and O–H groups in total. The molecule has 2 aromatic rings. The highest BCUT2D eigenvalue weighted by Crippen LogP contribution is 2.14. The van der Waals surface area contributed by atoms with Gasteiger partial charge in [-0.1, -0.05) is 12.1 Å². The second-order valence-corrected chi connectivity index (χ2v) is 4.82. The lowest BCUT2D eigenvalue weighted by atomic mass is 10.3. The summed E-state index contributed by atoms with van der Waals surface area (Å²) in [5.41, 5.74) is 0.698. The van der Waals surface area contributed by atoms with Crippen molar-refractivity contribution in [3.63, 3.8) is 0 Å². The lowest BCUT2D eigenvalue weighted by Crippen LogP contribution is -2.00. The summed E-state index contributed by atoms with van der Waals surface area (Å²) in [4.78, 5) is 0.230. The summed E-state index contributed by atoms with van der Waals surface area (Å²) in [6, 6.07) is 7.88. The summed E-state index contributed by atoms with van der Waals surface area (Å²) in [5, 5.41) is 4.11. The molecule has 1 aromatic carbocycles. The molecule has 2 rings (SSSR count). The summed E-state index contributed by atoms with van der Waals surface area (Å²) in [7, 11) is 0.404. The SMILES string of the molecule is Cn1ccc(CS(=O)c2ccccc2F)n1. The highest BCUT2D eigenvalue weighted by Gasteiger charge is 2.11. The number of aryl methyl sites for hydroxylation is 1. The molecule has 3 nitrogen and oxygen atoms in total. The van der Waals surface area contributed by atoms with Crippen LogP contribution in [-0.4, -0.2) is 14.0 Å². The molecule has 1 heterocycles. The molecule has 16 heavy (non-hydrogen) atoms. The van der Waals surface area contributed by atoms with Gasteiger partial charge in [0.2, 0.25) is 0 Å². The van der Waals surface area contributed by atoms with Gasteiger partial charge in [-0.25, -0.2) is 4.39 Å². The Morgan fingerprint density at radius 1 is 1.38 bits per heavy atom. The maximum atomic E-state index is 13.3. The van der Waals surface area contributed by atoms with Crippen LogP contribution in [0.25, 0.3) is 0 Å². The van der Waals surface area contributed by atoms with Crippen LogP contribution in [0.3, 0.4) is 0 Å². The van der Waals surface area contributed by atoms with Crippen LogP contribution in [-0.2, 0) is 23.6 Å². The minimum atomic E-state index is -1.38. The molecule has 0 saturated carbocycles. The summed E-state index contributed by atoms with van der Waals surface area (Å²) < 4.78 is 26.8. The van der Waals surface area contributed by atoms with E-state index in [2.05, 4.69) is 5.10 Å². The Labute approximate surface area is 95.4 Å². The molecule has 0 aliphatic rings. The van der Waals surface area contributed by atoms with Gasteiger partial charge < -0.3 is 0 Å². The fourth-order valence-corrected chi connectivity index (χ4v) is 2.48. The molecule has 5 heteroatoms. The zero-order valence-corrected chi connectivity index (χ0v) is 9.58. The smallest absolute Gasteiger partial charge is 0.139 e. The minimum Gasteiger partial charge on any atom is -0.276 e. The minimum absolute atomic E-state index is 0.230. The van der Waals surface area contributed by atoms with Crippen molar-refractivity contribution in [3.05, 3.63) is 48.0 Å². The topological polar surface area (TPSA) is 34.9 Å². The second kappa shape index (κ2) is 4.57. The Balaban J connectivity index is 2.18. The molecular formula is C11H11FN2OS. The van der Waals surface area contributed by atoms with Gasteiger partial charge in [-0.05, 0) is 18.2 Å². The highest BCUT2D eigenvalue weighted by atomic mass is 32.2. The van der Waals surface area contributed by atoms with E-state index < -0.39 is 16.6 Å².